The molecule has 3 heteroatoms. The number of ketones is 1. The maximum absolute atomic E-state index is 10.5. The van der Waals surface area contributed by atoms with Crippen molar-refractivity contribution in [2.24, 2.45) is 0 Å². The van der Waals surface area contributed by atoms with Gasteiger partial charge in [-0.25, -0.2) is 0 Å². The van der Waals surface area contributed by atoms with Crippen LogP contribution in [-0.2, 0) is 0 Å². The van der Waals surface area contributed by atoms with E-state index < -0.39 is 0 Å². The van der Waals surface area contributed by atoms with Gasteiger partial charge in [0, 0.05) is 13.1 Å². The summed E-state index contributed by atoms with van der Waals surface area (Å²) >= 11 is 1.10. The van der Waals surface area contributed by atoms with Gasteiger partial charge in [-0.05, 0) is 0 Å². The molecule has 0 saturated heterocycles. The van der Waals surface area contributed by atoms with E-state index in [9.17, 15) is 4.79 Å². The number of aromatic nitrogens is 1. The molecular weight excluding hydrogens is 122 g/mol. The molecule has 0 N–H and O–H groups in total. The van der Waals surface area contributed by atoms with Crippen LogP contribution in [0.5, 0.6) is 0 Å². The molecule has 0 aliphatic carbocycles. The summed E-state index contributed by atoms with van der Waals surface area (Å²) < 4.78 is 6.96. The Morgan fingerprint density at radius 1 is 2.12 bits per heavy atom. The van der Waals surface area contributed by atoms with Crippen LogP contribution in [0.15, 0.2) is 11.7 Å². The van der Waals surface area contributed by atoms with E-state index in [-0.39, 0.29) is 11.3 Å². The molecule has 0 aromatic carbocycles. The van der Waals surface area contributed by atoms with Crippen molar-refractivity contribution in [2.75, 3.05) is 0 Å². The van der Waals surface area contributed by atoms with Crippen molar-refractivity contribution < 1.29 is 6.17 Å². The minimum Gasteiger partial charge on any atom is -0.294 e. The van der Waals surface area contributed by atoms with Crippen molar-refractivity contribution in [1.82, 2.24) is 4.98 Å². The first-order valence-corrected chi connectivity index (χ1v) is 2.95. The highest BCUT2D eigenvalue weighted by Crippen LogP contribution is 2.04. The lowest BCUT2D eigenvalue weighted by Crippen LogP contribution is -1.83. The summed E-state index contributed by atoms with van der Waals surface area (Å²) in [5.41, 5.74) is 0.195. The highest BCUT2D eigenvalue weighted by molar-refractivity contribution is 7.11. The molecule has 0 amide bonds. The van der Waals surface area contributed by atoms with Gasteiger partial charge >= 0.3 is 0 Å². The normalized spacial score (nSPS) is 10.9. The van der Waals surface area contributed by atoms with Crippen LogP contribution in [-0.4, -0.2) is 10.8 Å². The highest BCUT2D eigenvalue weighted by atomic mass is 32.1. The van der Waals surface area contributed by atoms with Crippen LogP contribution in [0.3, 0.4) is 0 Å². The number of hydrogen-bond acceptors (Lipinski definition) is 3. The summed E-state index contributed by atoms with van der Waals surface area (Å²) in [6, 6.07) is 0. The Kier molecular flexibility index (Phi) is 1.08. The van der Waals surface area contributed by atoms with Gasteiger partial charge in [-0.15, -0.1) is 11.3 Å². The summed E-state index contributed by atoms with van der Waals surface area (Å²) in [5, 5.41) is 0. The van der Waals surface area contributed by atoms with E-state index in [0.29, 0.717) is 4.88 Å². The standard InChI is InChI=1S/C5H5NOS/c1-4(7)5-2-6-3-8-5/h2-3H,1H3/i3D. The van der Waals surface area contributed by atoms with Crippen LogP contribution in [0.2, 0.25) is 0 Å². The summed E-state index contributed by atoms with van der Waals surface area (Å²) in [6.07, 6.45) is 1.43. The lowest BCUT2D eigenvalue weighted by Gasteiger charge is -1.77. The maximum atomic E-state index is 10.5. The topological polar surface area (TPSA) is 30.0 Å². The average Bonchev–Trinajstić information content (AvgIpc) is 2.14. The number of Topliss-reactive ketones (excluding diaryl/α,β-unsaturated/α-hetero) is 1. The largest absolute Gasteiger partial charge is 0.294 e. The fraction of sp³-hybridized carbons (Fsp3) is 0.200. The van der Waals surface area contributed by atoms with Crippen molar-refractivity contribution >= 4 is 17.1 Å². The van der Waals surface area contributed by atoms with Crippen LogP contribution < -0.4 is 0 Å². The minimum atomic E-state index is -0.0222. The van der Waals surface area contributed by atoms with Gasteiger partial charge in [0.05, 0.1) is 11.7 Å². The molecule has 2 nitrogen and oxygen atoms in total. The van der Waals surface area contributed by atoms with E-state index >= 15 is 0 Å². The molecule has 42 valence electrons. The van der Waals surface area contributed by atoms with Gasteiger partial charge in [0.1, 0.15) is 0 Å². The van der Waals surface area contributed by atoms with E-state index in [4.69, 9.17) is 1.37 Å². The number of carbonyl (C=O) groups excluding carboxylic acids is 1. The number of nitrogens with zero attached hydrogens (tertiary/aromatic N) is 1. The van der Waals surface area contributed by atoms with E-state index in [0.717, 1.165) is 11.3 Å². The van der Waals surface area contributed by atoms with Gasteiger partial charge in [-0.3, -0.25) is 9.78 Å². The number of hydrogen-bond donors (Lipinski definition) is 0. The van der Waals surface area contributed by atoms with Crippen LogP contribution in [0.4, 0.5) is 0 Å². The molecule has 0 saturated carbocycles. The smallest absolute Gasteiger partial charge is 0.171 e. The number of carbonyl (C=O) groups is 1. The molecule has 0 aliphatic rings. The monoisotopic (exact) mass is 128 g/mol. The molecule has 0 atom stereocenters. The van der Waals surface area contributed by atoms with Gasteiger partial charge in [-0.1, -0.05) is 0 Å². The molecule has 1 aromatic heterocycles. The van der Waals surface area contributed by atoms with Crippen molar-refractivity contribution in [3.63, 3.8) is 0 Å². The molecule has 0 bridgehead atoms. The molecule has 0 radical (unpaired) electrons. The van der Waals surface area contributed by atoms with Crippen molar-refractivity contribution in [2.45, 2.75) is 6.92 Å². The highest BCUT2D eigenvalue weighted by Gasteiger charge is 1.96. The zero-order valence-electron chi connectivity index (χ0n) is 5.34. The summed E-state index contributed by atoms with van der Waals surface area (Å²) in [5.74, 6) is -0.0222. The average molecular weight is 128 g/mol. The number of rotatable bonds is 1. The van der Waals surface area contributed by atoms with E-state index in [1.807, 2.05) is 0 Å². The van der Waals surface area contributed by atoms with Gasteiger partial charge in [0.2, 0.25) is 0 Å². The first kappa shape index (κ1) is 4.21. The van der Waals surface area contributed by atoms with Crippen molar-refractivity contribution in [1.29, 1.82) is 0 Å². The molecule has 0 aliphatic heterocycles. The van der Waals surface area contributed by atoms with Gasteiger partial charge in [0.15, 0.2) is 5.78 Å². The predicted octanol–water partition coefficient (Wildman–Crippen LogP) is 1.35. The minimum absolute atomic E-state index is 0.0222. The molecule has 0 unspecified atom stereocenters. The lowest BCUT2D eigenvalue weighted by atomic mass is 10.4. The summed E-state index contributed by atoms with van der Waals surface area (Å²) in [4.78, 5) is 14.7. The number of thiazole rings is 1. The zero-order chi connectivity index (χ0) is 6.85. The quantitative estimate of drug-likeness (QED) is 0.534. The second-order valence-electron chi connectivity index (χ2n) is 1.37. The Hall–Kier alpha value is -0.700. The Bertz CT molecular complexity index is 233. The molecule has 8 heavy (non-hydrogen) atoms. The third-order valence-corrected chi connectivity index (χ3v) is 1.55. The Morgan fingerprint density at radius 3 is 3.12 bits per heavy atom. The van der Waals surface area contributed by atoms with Crippen LogP contribution in [0.25, 0.3) is 0 Å². The molecule has 1 rings (SSSR count). The third kappa shape index (κ3) is 0.924. The van der Waals surface area contributed by atoms with Gasteiger partial charge in [0.25, 0.3) is 0 Å². The maximum Gasteiger partial charge on any atom is 0.171 e. The third-order valence-electron chi connectivity index (χ3n) is 0.737. The van der Waals surface area contributed by atoms with E-state index in [2.05, 4.69) is 4.98 Å². The molecular formula is C5H5NOS. The van der Waals surface area contributed by atoms with Crippen LogP contribution in [0.1, 0.15) is 18.0 Å². The van der Waals surface area contributed by atoms with Crippen LogP contribution in [0, 0.1) is 0 Å². The van der Waals surface area contributed by atoms with Crippen LogP contribution >= 0.6 is 11.3 Å². The second-order valence-corrected chi connectivity index (χ2v) is 2.20. The van der Waals surface area contributed by atoms with Crippen molar-refractivity contribution in [3.05, 3.63) is 16.6 Å². The van der Waals surface area contributed by atoms with E-state index in [1.54, 1.807) is 0 Å². The van der Waals surface area contributed by atoms with Gasteiger partial charge < -0.3 is 0 Å². The molecule has 1 aromatic rings. The Morgan fingerprint density at radius 2 is 2.88 bits per heavy atom. The van der Waals surface area contributed by atoms with Gasteiger partial charge in [-0.2, -0.15) is 0 Å². The first-order chi connectivity index (χ1) is 4.20. The molecule has 0 fully saturated rings. The van der Waals surface area contributed by atoms with E-state index in [1.165, 1.54) is 13.1 Å². The molecule has 1 heterocycles. The Labute approximate surface area is 52.6 Å². The second kappa shape index (κ2) is 2.05. The Balaban J connectivity index is 2.98. The lowest BCUT2D eigenvalue weighted by molar-refractivity contribution is 0.102. The summed E-state index contributed by atoms with van der Waals surface area (Å²) in [7, 11) is 0. The van der Waals surface area contributed by atoms with Crippen molar-refractivity contribution in [3.8, 4) is 0 Å². The SMILES string of the molecule is [2H]c1ncc(C(C)=O)s1. The fourth-order valence-electron chi connectivity index (χ4n) is 0.350. The first-order valence-electron chi connectivity index (χ1n) is 2.63. The summed E-state index contributed by atoms with van der Waals surface area (Å²) in [6.45, 7) is 1.47. The predicted molar refractivity (Wildman–Crippen MR) is 32.1 cm³/mol. The molecule has 0 spiro atoms. The fourth-order valence-corrected chi connectivity index (χ4v) is 0.803. The zero-order valence-corrected chi connectivity index (χ0v) is 5.16.